The molecule has 1 saturated heterocycles. The van der Waals surface area contributed by atoms with E-state index in [-0.39, 0.29) is 28.7 Å². The highest BCUT2D eigenvalue weighted by atomic mass is 32.2. The average Bonchev–Trinajstić information content (AvgIpc) is 3.31. The number of hydrogen-bond donors (Lipinski definition) is 0. The van der Waals surface area contributed by atoms with E-state index in [2.05, 4.69) is 19.1 Å². The molecule has 1 aliphatic carbocycles. The second-order valence-corrected chi connectivity index (χ2v) is 10.2. The minimum Gasteiger partial charge on any atom is -0.312 e. The zero-order chi connectivity index (χ0) is 16.9. The topological polar surface area (TPSA) is 54.5 Å². The highest BCUT2D eigenvalue weighted by Gasteiger charge is 2.60. The first kappa shape index (κ1) is 16.1. The zero-order valence-electron chi connectivity index (χ0n) is 14.2. The molecule has 1 saturated carbocycles. The zero-order valence-corrected chi connectivity index (χ0v) is 15.0. The molecule has 2 heterocycles. The molecule has 2 fully saturated rings. The molecule has 1 amide bonds. The largest absolute Gasteiger partial charge is 0.312 e. The van der Waals surface area contributed by atoms with Gasteiger partial charge >= 0.3 is 0 Å². The molecule has 1 aromatic rings. The van der Waals surface area contributed by atoms with E-state index in [4.69, 9.17) is 0 Å². The first-order chi connectivity index (χ1) is 11.4. The Hall–Kier alpha value is -1.36. The maximum atomic E-state index is 13.2. The lowest BCUT2D eigenvalue weighted by molar-refractivity contribution is -0.120. The quantitative estimate of drug-likeness (QED) is 0.784. The highest BCUT2D eigenvalue weighted by Crippen LogP contribution is 2.60. The number of rotatable bonds is 1. The lowest BCUT2D eigenvalue weighted by Gasteiger charge is -2.27. The van der Waals surface area contributed by atoms with Gasteiger partial charge in [0, 0.05) is 18.2 Å². The number of benzene rings is 1. The van der Waals surface area contributed by atoms with Gasteiger partial charge in [0.1, 0.15) is 9.84 Å². The van der Waals surface area contributed by atoms with Crippen molar-refractivity contribution in [1.82, 2.24) is 0 Å². The number of para-hydroxylation sites is 1. The smallest absolute Gasteiger partial charge is 0.230 e. The predicted molar refractivity (Wildman–Crippen MR) is 94.9 cm³/mol. The lowest BCUT2D eigenvalue weighted by atomic mass is 9.95. The number of sulfone groups is 1. The van der Waals surface area contributed by atoms with Crippen molar-refractivity contribution in [3.05, 3.63) is 29.8 Å². The van der Waals surface area contributed by atoms with Crippen LogP contribution in [-0.4, -0.2) is 32.4 Å². The van der Waals surface area contributed by atoms with Gasteiger partial charge in [0.2, 0.25) is 5.91 Å². The SMILES string of the molecule is C[C@@H]1CCCN(C(=O)[C@H]2CC23CCS(=O)(=O)CC3)c2ccccc21. The van der Waals surface area contributed by atoms with Gasteiger partial charge in [-0.2, -0.15) is 0 Å². The normalized spacial score (nSPS) is 30.5. The molecule has 24 heavy (non-hydrogen) atoms. The van der Waals surface area contributed by atoms with Gasteiger partial charge in [-0.1, -0.05) is 25.1 Å². The number of nitrogens with zero attached hydrogens (tertiary/aromatic N) is 1. The number of carbonyl (C=O) groups excluding carboxylic acids is 1. The summed E-state index contributed by atoms with van der Waals surface area (Å²) < 4.78 is 23.4. The van der Waals surface area contributed by atoms with Gasteiger partial charge in [-0.3, -0.25) is 4.79 Å². The standard InChI is InChI=1S/C19H25NO3S/c1-14-5-4-10-20(17-7-3-2-6-15(14)17)18(21)16-13-19(16)8-11-24(22,23)12-9-19/h2-3,6-7,14,16H,4-5,8-13H2,1H3/t14-,16-/m1/s1. The molecule has 2 aliphatic heterocycles. The van der Waals surface area contributed by atoms with Crippen molar-refractivity contribution in [3.63, 3.8) is 0 Å². The Morgan fingerprint density at radius 1 is 1.21 bits per heavy atom. The van der Waals surface area contributed by atoms with Crippen LogP contribution in [0, 0.1) is 11.3 Å². The average molecular weight is 347 g/mol. The van der Waals surface area contributed by atoms with Crippen LogP contribution in [0.5, 0.6) is 0 Å². The summed E-state index contributed by atoms with van der Waals surface area (Å²) in [5.74, 6) is 1.23. The molecule has 0 unspecified atom stereocenters. The molecular weight excluding hydrogens is 322 g/mol. The lowest BCUT2D eigenvalue weighted by Crippen LogP contribution is -2.36. The molecule has 0 N–H and O–H groups in total. The third-order valence-electron chi connectivity index (χ3n) is 6.35. The van der Waals surface area contributed by atoms with Crippen LogP contribution in [0.3, 0.4) is 0 Å². The number of hydrogen-bond acceptors (Lipinski definition) is 3. The third-order valence-corrected chi connectivity index (χ3v) is 8.01. The Kier molecular flexibility index (Phi) is 3.75. The number of anilines is 1. The van der Waals surface area contributed by atoms with Gasteiger partial charge in [0.25, 0.3) is 0 Å². The van der Waals surface area contributed by atoms with Crippen molar-refractivity contribution in [2.75, 3.05) is 23.0 Å². The van der Waals surface area contributed by atoms with Gasteiger partial charge in [-0.15, -0.1) is 0 Å². The van der Waals surface area contributed by atoms with Crippen molar-refractivity contribution < 1.29 is 13.2 Å². The molecular formula is C19H25NO3S. The van der Waals surface area contributed by atoms with Crippen molar-refractivity contribution in [2.45, 2.75) is 44.9 Å². The molecule has 0 aromatic heterocycles. The van der Waals surface area contributed by atoms with Crippen LogP contribution in [-0.2, 0) is 14.6 Å². The highest BCUT2D eigenvalue weighted by molar-refractivity contribution is 7.91. The summed E-state index contributed by atoms with van der Waals surface area (Å²) in [4.78, 5) is 15.2. The first-order valence-electron chi connectivity index (χ1n) is 9.03. The number of carbonyl (C=O) groups is 1. The number of fused-ring (bicyclic) bond motifs is 1. The van der Waals surface area contributed by atoms with Crippen LogP contribution in [0.2, 0.25) is 0 Å². The van der Waals surface area contributed by atoms with E-state index in [0.29, 0.717) is 18.8 Å². The van der Waals surface area contributed by atoms with E-state index in [1.165, 1.54) is 5.56 Å². The molecule has 1 spiro atoms. The van der Waals surface area contributed by atoms with E-state index in [0.717, 1.165) is 31.5 Å². The minimum absolute atomic E-state index is 0.0227. The molecule has 3 aliphatic rings. The van der Waals surface area contributed by atoms with E-state index >= 15 is 0 Å². The Bertz CT molecular complexity index is 757. The van der Waals surface area contributed by atoms with Crippen molar-refractivity contribution in [1.29, 1.82) is 0 Å². The summed E-state index contributed by atoms with van der Waals surface area (Å²) in [5, 5.41) is 0. The van der Waals surface area contributed by atoms with Crippen LogP contribution in [0.25, 0.3) is 0 Å². The fourth-order valence-electron chi connectivity index (χ4n) is 4.59. The van der Waals surface area contributed by atoms with Crippen LogP contribution >= 0.6 is 0 Å². The molecule has 2 atom stereocenters. The van der Waals surface area contributed by atoms with Gasteiger partial charge < -0.3 is 4.90 Å². The van der Waals surface area contributed by atoms with Gasteiger partial charge in [0.05, 0.1) is 11.5 Å². The molecule has 5 heteroatoms. The van der Waals surface area contributed by atoms with E-state index < -0.39 is 9.84 Å². The second kappa shape index (κ2) is 5.58. The van der Waals surface area contributed by atoms with E-state index in [1.54, 1.807) is 0 Å². The van der Waals surface area contributed by atoms with Crippen LogP contribution < -0.4 is 4.90 Å². The molecule has 4 rings (SSSR count). The summed E-state index contributed by atoms with van der Waals surface area (Å²) in [5.41, 5.74) is 2.30. The van der Waals surface area contributed by atoms with Crippen molar-refractivity contribution in [3.8, 4) is 0 Å². The summed E-state index contributed by atoms with van der Waals surface area (Å²) >= 11 is 0. The second-order valence-electron chi connectivity index (χ2n) is 7.86. The van der Waals surface area contributed by atoms with Crippen LogP contribution in [0.15, 0.2) is 24.3 Å². The summed E-state index contributed by atoms with van der Waals surface area (Å²) in [6.45, 7) is 3.02. The fourth-order valence-corrected chi connectivity index (χ4v) is 6.23. The first-order valence-corrected chi connectivity index (χ1v) is 10.8. The monoisotopic (exact) mass is 347 g/mol. The molecule has 0 radical (unpaired) electrons. The molecule has 1 aromatic carbocycles. The molecule has 0 bridgehead atoms. The Balaban J connectivity index is 1.57. The van der Waals surface area contributed by atoms with E-state index in [1.807, 2.05) is 17.0 Å². The minimum atomic E-state index is -2.87. The summed E-state index contributed by atoms with van der Waals surface area (Å²) in [6.07, 6.45) is 4.33. The summed E-state index contributed by atoms with van der Waals surface area (Å²) in [7, 11) is -2.87. The number of amides is 1. The van der Waals surface area contributed by atoms with Gasteiger partial charge in [0.15, 0.2) is 0 Å². The van der Waals surface area contributed by atoms with Crippen molar-refractivity contribution >= 4 is 21.4 Å². The third kappa shape index (κ3) is 2.67. The molecule has 130 valence electrons. The Morgan fingerprint density at radius 2 is 1.92 bits per heavy atom. The van der Waals surface area contributed by atoms with Crippen LogP contribution in [0.4, 0.5) is 5.69 Å². The summed E-state index contributed by atoms with van der Waals surface area (Å²) in [6, 6.07) is 8.26. The Morgan fingerprint density at radius 3 is 2.67 bits per heavy atom. The van der Waals surface area contributed by atoms with Gasteiger partial charge in [-0.05, 0) is 55.1 Å². The fraction of sp³-hybridized carbons (Fsp3) is 0.632. The van der Waals surface area contributed by atoms with Gasteiger partial charge in [-0.25, -0.2) is 8.42 Å². The predicted octanol–water partition coefficient (Wildman–Crippen LogP) is 3.13. The van der Waals surface area contributed by atoms with Crippen LogP contribution in [0.1, 0.15) is 50.5 Å². The van der Waals surface area contributed by atoms with E-state index in [9.17, 15) is 13.2 Å². The Labute approximate surface area is 144 Å². The maximum absolute atomic E-state index is 13.2. The maximum Gasteiger partial charge on any atom is 0.230 e. The molecule has 4 nitrogen and oxygen atoms in total. The van der Waals surface area contributed by atoms with Crippen molar-refractivity contribution in [2.24, 2.45) is 11.3 Å².